The van der Waals surface area contributed by atoms with E-state index in [4.69, 9.17) is 0 Å². The summed E-state index contributed by atoms with van der Waals surface area (Å²) in [5.74, 6) is 0.162. The van der Waals surface area contributed by atoms with E-state index in [1.807, 2.05) is 11.4 Å². The summed E-state index contributed by atoms with van der Waals surface area (Å²) in [6, 6.07) is 1.90. The van der Waals surface area contributed by atoms with Crippen LogP contribution in [0.2, 0.25) is 0 Å². The highest BCUT2D eigenvalue weighted by Gasteiger charge is 2.09. The fourth-order valence-electron chi connectivity index (χ4n) is 0.952. The van der Waals surface area contributed by atoms with Crippen LogP contribution in [0.5, 0.6) is 0 Å². The van der Waals surface area contributed by atoms with Gasteiger partial charge in [0, 0.05) is 4.47 Å². The first kappa shape index (κ1) is 10.9. The lowest BCUT2D eigenvalue weighted by molar-refractivity contribution is 0.0994. The molecule has 0 bridgehead atoms. The number of hydrogen-bond donors (Lipinski definition) is 1. The van der Waals surface area contributed by atoms with Crippen molar-refractivity contribution in [2.24, 2.45) is 0 Å². The van der Waals surface area contributed by atoms with Crippen LogP contribution in [0.4, 0.5) is 0 Å². The fourth-order valence-corrected chi connectivity index (χ4v) is 2.48. The van der Waals surface area contributed by atoms with E-state index < -0.39 is 0 Å². The topological polar surface area (TPSA) is 29.1 Å². The zero-order valence-corrected chi connectivity index (χ0v) is 9.87. The smallest absolute Gasteiger partial charge is 0.187 e. The first-order chi connectivity index (χ1) is 6.25. The normalized spacial score (nSPS) is 10.3. The first-order valence-corrected chi connectivity index (χ1v) is 5.90. The number of nitrogens with one attached hydrogen (secondary N) is 1. The molecule has 0 aliphatic carbocycles. The third-order valence-corrected chi connectivity index (χ3v) is 3.46. The van der Waals surface area contributed by atoms with Gasteiger partial charge in [-0.05, 0) is 40.3 Å². The summed E-state index contributed by atoms with van der Waals surface area (Å²) in [4.78, 5) is 12.3. The van der Waals surface area contributed by atoms with E-state index in [9.17, 15) is 4.79 Å². The third kappa shape index (κ3) is 3.21. The maximum atomic E-state index is 11.5. The van der Waals surface area contributed by atoms with Crippen molar-refractivity contribution in [3.05, 3.63) is 20.8 Å². The molecular weight excluding hydrogens is 250 g/mol. The van der Waals surface area contributed by atoms with Gasteiger partial charge in [-0.3, -0.25) is 4.79 Å². The SMILES string of the molecule is CCCNCC(=O)c1sccc1Br. The van der Waals surface area contributed by atoms with Crippen molar-refractivity contribution < 1.29 is 4.79 Å². The minimum atomic E-state index is 0.162. The van der Waals surface area contributed by atoms with Crippen LogP contribution in [0, 0.1) is 0 Å². The molecule has 13 heavy (non-hydrogen) atoms. The first-order valence-electron chi connectivity index (χ1n) is 4.22. The Kier molecular flexibility index (Phi) is 4.62. The third-order valence-electron chi connectivity index (χ3n) is 1.58. The van der Waals surface area contributed by atoms with Crippen LogP contribution in [-0.4, -0.2) is 18.9 Å². The zero-order valence-electron chi connectivity index (χ0n) is 7.47. The molecule has 0 spiro atoms. The second-order valence-electron chi connectivity index (χ2n) is 2.70. The van der Waals surface area contributed by atoms with Crippen LogP contribution in [0.3, 0.4) is 0 Å². The Labute approximate surface area is 90.5 Å². The summed E-state index contributed by atoms with van der Waals surface area (Å²) < 4.78 is 0.904. The number of Topliss-reactive ketones (excluding diaryl/α,β-unsaturated/α-hetero) is 1. The van der Waals surface area contributed by atoms with E-state index in [1.54, 1.807) is 0 Å². The molecule has 0 radical (unpaired) electrons. The van der Waals surface area contributed by atoms with Gasteiger partial charge in [-0.15, -0.1) is 11.3 Å². The Hall–Kier alpha value is -0.190. The van der Waals surface area contributed by atoms with Gasteiger partial charge in [-0.25, -0.2) is 0 Å². The van der Waals surface area contributed by atoms with Gasteiger partial charge in [0.05, 0.1) is 11.4 Å². The number of carbonyl (C=O) groups is 1. The van der Waals surface area contributed by atoms with Gasteiger partial charge in [0.25, 0.3) is 0 Å². The maximum absolute atomic E-state index is 11.5. The van der Waals surface area contributed by atoms with Crippen LogP contribution in [0.25, 0.3) is 0 Å². The maximum Gasteiger partial charge on any atom is 0.187 e. The van der Waals surface area contributed by atoms with E-state index in [0.717, 1.165) is 22.3 Å². The molecule has 0 aliphatic heterocycles. The van der Waals surface area contributed by atoms with Gasteiger partial charge in [-0.1, -0.05) is 6.92 Å². The van der Waals surface area contributed by atoms with Crippen LogP contribution in [0.15, 0.2) is 15.9 Å². The average molecular weight is 262 g/mol. The second-order valence-corrected chi connectivity index (χ2v) is 4.47. The van der Waals surface area contributed by atoms with Crippen molar-refractivity contribution in [1.29, 1.82) is 0 Å². The Morgan fingerprint density at radius 2 is 2.46 bits per heavy atom. The molecule has 0 atom stereocenters. The molecule has 72 valence electrons. The minimum Gasteiger partial charge on any atom is -0.310 e. The largest absolute Gasteiger partial charge is 0.310 e. The predicted molar refractivity (Wildman–Crippen MR) is 59.5 cm³/mol. The molecule has 0 amide bonds. The molecule has 1 rings (SSSR count). The van der Waals surface area contributed by atoms with Gasteiger partial charge in [0.15, 0.2) is 5.78 Å². The minimum absolute atomic E-state index is 0.162. The zero-order chi connectivity index (χ0) is 9.68. The predicted octanol–water partition coefficient (Wildman–Crippen LogP) is 2.69. The van der Waals surface area contributed by atoms with Crippen molar-refractivity contribution in [3.63, 3.8) is 0 Å². The molecule has 0 saturated carbocycles. The molecule has 0 fully saturated rings. The van der Waals surface area contributed by atoms with E-state index in [2.05, 4.69) is 28.2 Å². The van der Waals surface area contributed by atoms with Crippen molar-refractivity contribution in [3.8, 4) is 0 Å². The van der Waals surface area contributed by atoms with Crippen molar-refractivity contribution in [2.75, 3.05) is 13.1 Å². The van der Waals surface area contributed by atoms with Gasteiger partial charge >= 0.3 is 0 Å². The lowest BCUT2D eigenvalue weighted by Crippen LogP contribution is -2.23. The number of halogens is 1. The summed E-state index contributed by atoms with van der Waals surface area (Å²) in [6.45, 7) is 3.42. The molecule has 0 aromatic carbocycles. The van der Waals surface area contributed by atoms with E-state index in [1.165, 1.54) is 11.3 Å². The van der Waals surface area contributed by atoms with Crippen molar-refractivity contribution >= 4 is 33.0 Å². The molecule has 0 aliphatic rings. The summed E-state index contributed by atoms with van der Waals surface area (Å²) in [5, 5.41) is 5.00. The molecule has 1 heterocycles. The Balaban J connectivity index is 2.45. The summed E-state index contributed by atoms with van der Waals surface area (Å²) in [6.07, 6.45) is 1.05. The van der Waals surface area contributed by atoms with Gasteiger partial charge in [-0.2, -0.15) is 0 Å². The van der Waals surface area contributed by atoms with Crippen molar-refractivity contribution in [2.45, 2.75) is 13.3 Å². The van der Waals surface area contributed by atoms with Crippen molar-refractivity contribution in [1.82, 2.24) is 5.32 Å². The Morgan fingerprint density at radius 3 is 3.00 bits per heavy atom. The number of ketones is 1. The molecule has 1 aromatic rings. The van der Waals surface area contributed by atoms with Crippen LogP contribution in [-0.2, 0) is 0 Å². The Bertz CT molecular complexity index is 285. The Morgan fingerprint density at radius 1 is 1.69 bits per heavy atom. The van der Waals surface area contributed by atoms with Crippen LogP contribution in [0.1, 0.15) is 23.0 Å². The highest BCUT2D eigenvalue weighted by molar-refractivity contribution is 9.10. The van der Waals surface area contributed by atoms with Gasteiger partial charge in [0.1, 0.15) is 0 Å². The quantitative estimate of drug-likeness (QED) is 0.653. The molecule has 0 saturated heterocycles. The fraction of sp³-hybridized carbons (Fsp3) is 0.444. The van der Waals surface area contributed by atoms with E-state index in [-0.39, 0.29) is 5.78 Å². The molecule has 2 nitrogen and oxygen atoms in total. The summed E-state index contributed by atoms with van der Waals surface area (Å²) in [5.41, 5.74) is 0. The standard InChI is InChI=1S/C9H12BrNOS/c1-2-4-11-6-8(12)9-7(10)3-5-13-9/h3,5,11H,2,4,6H2,1H3. The number of hydrogen-bond acceptors (Lipinski definition) is 3. The monoisotopic (exact) mass is 261 g/mol. The second kappa shape index (κ2) is 5.52. The summed E-state index contributed by atoms with van der Waals surface area (Å²) >= 11 is 4.82. The van der Waals surface area contributed by atoms with Gasteiger partial charge in [0.2, 0.25) is 0 Å². The highest BCUT2D eigenvalue weighted by Crippen LogP contribution is 2.22. The molecule has 0 unspecified atom stereocenters. The lowest BCUT2D eigenvalue weighted by atomic mass is 10.3. The molecule has 1 aromatic heterocycles. The van der Waals surface area contributed by atoms with E-state index >= 15 is 0 Å². The number of thiophene rings is 1. The molecule has 4 heteroatoms. The summed E-state index contributed by atoms with van der Waals surface area (Å²) in [7, 11) is 0. The number of carbonyl (C=O) groups excluding carboxylic acids is 1. The molecular formula is C9H12BrNOS. The molecule has 1 N–H and O–H groups in total. The number of rotatable bonds is 5. The lowest BCUT2D eigenvalue weighted by Gasteiger charge is -2.00. The van der Waals surface area contributed by atoms with Crippen LogP contribution >= 0.6 is 27.3 Å². The van der Waals surface area contributed by atoms with E-state index in [0.29, 0.717) is 6.54 Å². The average Bonchev–Trinajstić information content (AvgIpc) is 2.52. The van der Waals surface area contributed by atoms with Gasteiger partial charge < -0.3 is 5.32 Å². The highest BCUT2D eigenvalue weighted by atomic mass is 79.9. The van der Waals surface area contributed by atoms with Crippen LogP contribution < -0.4 is 5.32 Å².